The van der Waals surface area contributed by atoms with Crippen LogP contribution in [0.4, 0.5) is 10.5 Å². The van der Waals surface area contributed by atoms with Gasteiger partial charge in [0, 0.05) is 25.3 Å². The maximum Gasteiger partial charge on any atom is 0.321 e. The van der Waals surface area contributed by atoms with Crippen LogP contribution in [0.2, 0.25) is 0 Å². The molecule has 98 valence electrons. The number of rotatable bonds is 3. The van der Waals surface area contributed by atoms with Crippen LogP contribution in [0.25, 0.3) is 0 Å². The first-order valence-electron chi connectivity index (χ1n) is 6.54. The van der Waals surface area contributed by atoms with Crippen molar-refractivity contribution < 1.29 is 4.79 Å². The second kappa shape index (κ2) is 5.87. The van der Waals surface area contributed by atoms with Gasteiger partial charge in [-0.3, -0.25) is 4.90 Å². The number of hydrogen-bond donors (Lipinski definition) is 2. The van der Waals surface area contributed by atoms with E-state index in [0.29, 0.717) is 12.6 Å². The van der Waals surface area contributed by atoms with Crippen molar-refractivity contribution in [1.82, 2.24) is 5.32 Å². The molecule has 1 fully saturated rings. The van der Waals surface area contributed by atoms with E-state index in [1.54, 1.807) is 11.9 Å². The zero-order chi connectivity index (χ0) is 13.0. The number of nitrogens with zero attached hydrogens (tertiary/aromatic N) is 1. The monoisotopic (exact) mass is 247 g/mol. The van der Waals surface area contributed by atoms with E-state index in [4.69, 9.17) is 5.73 Å². The van der Waals surface area contributed by atoms with Crippen molar-refractivity contribution in [2.75, 3.05) is 11.9 Å². The molecule has 0 spiro atoms. The number of hydrogen-bond acceptors (Lipinski definition) is 2. The number of carbonyl (C=O) groups excluding carboxylic acids is 1. The Morgan fingerprint density at radius 3 is 2.83 bits per heavy atom. The summed E-state index contributed by atoms with van der Waals surface area (Å²) < 4.78 is 0. The SMILES string of the molecule is CN(C(=O)NC1CCCC1)c1cccc(CN)c1. The van der Waals surface area contributed by atoms with Crippen LogP contribution in [-0.4, -0.2) is 19.1 Å². The van der Waals surface area contributed by atoms with Crippen molar-refractivity contribution >= 4 is 11.7 Å². The summed E-state index contributed by atoms with van der Waals surface area (Å²) in [7, 11) is 1.79. The fourth-order valence-corrected chi connectivity index (χ4v) is 2.35. The van der Waals surface area contributed by atoms with Crippen LogP contribution in [0, 0.1) is 0 Å². The molecule has 0 atom stereocenters. The van der Waals surface area contributed by atoms with Gasteiger partial charge in [-0.1, -0.05) is 25.0 Å². The van der Waals surface area contributed by atoms with E-state index in [1.165, 1.54) is 12.8 Å². The Hall–Kier alpha value is -1.55. The highest BCUT2D eigenvalue weighted by atomic mass is 16.2. The van der Waals surface area contributed by atoms with E-state index >= 15 is 0 Å². The topological polar surface area (TPSA) is 58.4 Å². The van der Waals surface area contributed by atoms with Crippen LogP contribution in [0.3, 0.4) is 0 Å². The highest BCUT2D eigenvalue weighted by Crippen LogP contribution is 2.19. The van der Waals surface area contributed by atoms with Gasteiger partial charge in [0.15, 0.2) is 0 Å². The van der Waals surface area contributed by atoms with E-state index in [9.17, 15) is 4.79 Å². The molecule has 1 aromatic carbocycles. The molecule has 0 saturated heterocycles. The van der Waals surface area contributed by atoms with Crippen LogP contribution in [0.5, 0.6) is 0 Å². The van der Waals surface area contributed by atoms with Crippen molar-refractivity contribution in [1.29, 1.82) is 0 Å². The summed E-state index contributed by atoms with van der Waals surface area (Å²) >= 11 is 0. The minimum Gasteiger partial charge on any atom is -0.335 e. The highest BCUT2D eigenvalue weighted by molar-refractivity contribution is 5.91. The molecule has 4 nitrogen and oxygen atoms in total. The van der Waals surface area contributed by atoms with Gasteiger partial charge in [-0.2, -0.15) is 0 Å². The molecule has 1 aliphatic rings. The molecule has 0 aliphatic heterocycles. The van der Waals surface area contributed by atoms with Gasteiger partial charge in [0.25, 0.3) is 0 Å². The lowest BCUT2D eigenvalue weighted by atomic mass is 10.2. The van der Waals surface area contributed by atoms with Gasteiger partial charge in [0.05, 0.1) is 0 Å². The smallest absolute Gasteiger partial charge is 0.321 e. The number of nitrogens with two attached hydrogens (primary N) is 1. The normalized spacial score (nSPS) is 15.7. The van der Waals surface area contributed by atoms with Gasteiger partial charge in [-0.25, -0.2) is 4.79 Å². The van der Waals surface area contributed by atoms with Crippen molar-refractivity contribution in [2.24, 2.45) is 5.73 Å². The highest BCUT2D eigenvalue weighted by Gasteiger charge is 2.19. The summed E-state index contributed by atoms with van der Waals surface area (Å²) in [5.74, 6) is 0. The van der Waals surface area contributed by atoms with E-state index in [2.05, 4.69) is 5.32 Å². The minimum absolute atomic E-state index is 0.0314. The van der Waals surface area contributed by atoms with Crippen LogP contribution in [0.15, 0.2) is 24.3 Å². The Bertz CT molecular complexity index is 413. The van der Waals surface area contributed by atoms with Crippen molar-refractivity contribution in [3.05, 3.63) is 29.8 Å². The number of anilines is 1. The van der Waals surface area contributed by atoms with E-state index in [0.717, 1.165) is 24.1 Å². The molecular weight excluding hydrogens is 226 g/mol. The van der Waals surface area contributed by atoms with E-state index in [1.807, 2.05) is 24.3 Å². The minimum atomic E-state index is -0.0314. The van der Waals surface area contributed by atoms with Gasteiger partial charge in [-0.15, -0.1) is 0 Å². The summed E-state index contributed by atoms with van der Waals surface area (Å²) in [4.78, 5) is 13.7. The zero-order valence-electron chi connectivity index (χ0n) is 10.9. The summed E-state index contributed by atoms with van der Waals surface area (Å²) in [6, 6.07) is 8.08. The average molecular weight is 247 g/mol. The quantitative estimate of drug-likeness (QED) is 0.860. The molecule has 4 heteroatoms. The van der Waals surface area contributed by atoms with Crippen LogP contribution >= 0.6 is 0 Å². The second-order valence-electron chi connectivity index (χ2n) is 4.86. The first-order chi connectivity index (χ1) is 8.70. The molecule has 0 aromatic heterocycles. The standard InChI is InChI=1S/C14H21N3O/c1-17(13-8-4-5-11(9-13)10-15)14(18)16-12-6-2-3-7-12/h4-5,8-9,12H,2-3,6-7,10,15H2,1H3,(H,16,18). The van der Waals surface area contributed by atoms with E-state index in [-0.39, 0.29) is 6.03 Å². The van der Waals surface area contributed by atoms with Crippen molar-refractivity contribution in [2.45, 2.75) is 38.3 Å². The number of urea groups is 1. The van der Waals surface area contributed by atoms with Gasteiger partial charge >= 0.3 is 6.03 Å². The Labute approximate surface area is 108 Å². The second-order valence-corrected chi connectivity index (χ2v) is 4.86. The lowest BCUT2D eigenvalue weighted by molar-refractivity contribution is 0.244. The largest absolute Gasteiger partial charge is 0.335 e. The van der Waals surface area contributed by atoms with Crippen LogP contribution < -0.4 is 16.0 Å². The predicted octanol–water partition coefficient (Wildman–Crippen LogP) is 2.23. The first-order valence-corrected chi connectivity index (χ1v) is 6.54. The van der Waals surface area contributed by atoms with E-state index < -0.39 is 0 Å². The maximum atomic E-state index is 12.1. The Balaban J connectivity index is 2.00. The molecule has 18 heavy (non-hydrogen) atoms. The lowest BCUT2D eigenvalue weighted by Gasteiger charge is -2.21. The van der Waals surface area contributed by atoms with Crippen LogP contribution in [0.1, 0.15) is 31.2 Å². The molecule has 1 saturated carbocycles. The molecular formula is C14H21N3O. The van der Waals surface area contributed by atoms with Gasteiger partial charge < -0.3 is 11.1 Å². The van der Waals surface area contributed by atoms with Gasteiger partial charge in [0.2, 0.25) is 0 Å². The number of carbonyl (C=O) groups is 1. The number of benzene rings is 1. The molecule has 2 amide bonds. The van der Waals surface area contributed by atoms with Gasteiger partial charge in [-0.05, 0) is 30.5 Å². The molecule has 1 aromatic rings. The summed E-state index contributed by atoms with van der Waals surface area (Å²) in [5, 5.41) is 3.07. The van der Waals surface area contributed by atoms with Gasteiger partial charge in [0.1, 0.15) is 0 Å². The van der Waals surface area contributed by atoms with Crippen molar-refractivity contribution in [3.63, 3.8) is 0 Å². The molecule has 3 N–H and O–H groups in total. The number of nitrogens with one attached hydrogen (secondary N) is 1. The Morgan fingerprint density at radius 2 is 2.17 bits per heavy atom. The summed E-state index contributed by atoms with van der Waals surface area (Å²) in [6.07, 6.45) is 4.64. The molecule has 0 bridgehead atoms. The lowest BCUT2D eigenvalue weighted by Crippen LogP contribution is -2.42. The maximum absolute atomic E-state index is 12.1. The zero-order valence-corrected chi connectivity index (χ0v) is 10.9. The molecule has 0 heterocycles. The fraction of sp³-hybridized carbons (Fsp3) is 0.500. The molecule has 0 radical (unpaired) electrons. The molecule has 0 unspecified atom stereocenters. The van der Waals surface area contributed by atoms with Crippen LogP contribution in [-0.2, 0) is 6.54 Å². The summed E-state index contributed by atoms with van der Waals surface area (Å²) in [6.45, 7) is 0.492. The average Bonchev–Trinajstić information content (AvgIpc) is 2.90. The Kier molecular flexibility index (Phi) is 4.20. The first kappa shape index (κ1) is 12.9. The molecule has 2 rings (SSSR count). The predicted molar refractivity (Wildman–Crippen MR) is 73.5 cm³/mol. The summed E-state index contributed by atoms with van der Waals surface area (Å²) in [5.41, 5.74) is 7.53. The fourth-order valence-electron chi connectivity index (χ4n) is 2.35. The van der Waals surface area contributed by atoms with Crippen molar-refractivity contribution in [3.8, 4) is 0 Å². The third-order valence-corrected chi connectivity index (χ3v) is 3.52. The third-order valence-electron chi connectivity index (χ3n) is 3.52. The molecule has 1 aliphatic carbocycles. The Morgan fingerprint density at radius 1 is 1.44 bits per heavy atom. The number of amides is 2. The third kappa shape index (κ3) is 3.01.